The Morgan fingerprint density at radius 3 is 2.44 bits per heavy atom. The summed E-state index contributed by atoms with van der Waals surface area (Å²) in [6.45, 7) is 0. The molecule has 27 heavy (non-hydrogen) atoms. The second-order valence-corrected chi connectivity index (χ2v) is 6.11. The van der Waals surface area contributed by atoms with Gasteiger partial charge in [-0.05, 0) is 48.5 Å². The maximum Gasteiger partial charge on any atom is 0.262 e. The van der Waals surface area contributed by atoms with Crippen LogP contribution >= 0.6 is 11.6 Å². The molecule has 8 heteroatoms. The van der Waals surface area contributed by atoms with Gasteiger partial charge in [0.05, 0.1) is 16.9 Å². The molecule has 0 saturated heterocycles. The quantitative estimate of drug-likeness (QED) is 0.578. The highest BCUT2D eigenvalue weighted by Crippen LogP contribution is 2.21. The summed E-state index contributed by atoms with van der Waals surface area (Å²) in [4.78, 5) is 16.9. The predicted octanol–water partition coefficient (Wildman–Crippen LogP) is 4.10. The Hall–Kier alpha value is -3.45. The van der Waals surface area contributed by atoms with E-state index in [9.17, 15) is 9.18 Å². The molecule has 3 aromatic heterocycles. The number of carbonyl (C=O) groups excluding carboxylic acids is 1. The number of halogens is 2. The van der Waals surface area contributed by atoms with Gasteiger partial charge in [0.1, 0.15) is 17.2 Å². The molecule has 0 unspecified atom stereocenters. The van der Waals surface area contributed by atoms with E-state index in [1.54, 1.807) is 45.9 Å². The van der Waals surface area contributed by atoms with E-state index in [1.165, 1.54) is 24.5 Å². The van der Waals surface area contributed by atoms with Gasteiger partial charge < -0.3 is 9.88 Å². The van der Waals surface area contributed by atoms with Gasteiger partial charge in [0.25, 0.3) is 5.91 Å². The highest BCUT2D eigenvalue weighted by atomic mass is 35.5. The number of aromatic nitrogens is 4. The van der Waals surface area contributed by atoms with Crippen LogP contribution in [0.25, 0.3) is 11.5 Å². The lowest BCUT2D eigenvalue weighted by Crippen LogP contribution is -2.16. The van der Waals surface area contributed by atoms with Crippen LogP contribution < -0.4 is 5.32 Å². The summed E-state index contributed by atoms with van der Waals surface area (Å²) in [6.07, 6.45) is 6.51. The van der Waals surface area contributed by atoms with Gasteiger partial charge in [-0.2, -0.15) is 5.10 Å². The van der Waals surface area contributed by atoms with Crippen LogP contribution in [0.15, 0.2) is 73.3 Å². The molecule has 0 bridgehead atoms. The van der Waals surface area contributed by atoms with E-state index in [1.807, 2.05) is 12.1 Å². The number of hydrogen-bond donors (Lipinski definition) is 1. The molecule has 6 nitrogen and oxygen atoms in total. The lowest BCUT2D eigenvalue weighted by Gasteiger charge is -2.11. The van der Waals surface area contributed by atoms with Crippen LogP contribution in [0.1, 0.15) is 10.4 Å². The molecule has 0 aliphatic rings. The van der Waals surface area contributed by atoms with Crippen LogP contribution in [-0.2, 0) is 0 Å². The monoisotopic (exact) mass is 381 g/mol. The minimum absolute atomic E-state index is 0.340. The molecule has 1 amide bonds. The van der Waals surface area contributed by atoms with Gasteiger partial charge >= 0.3 is 0 Å². The first kappa shape index (κ1) is 17.0. The molecule has 0 atom stereocenters. The lowest BCUT2D eigenvalue weighted by molar-refractivity contribution is 0.102. The van der Waals surface area contributed by atoms with Crippen molar-refractivity contribution in [3.8, 4) is 11.5 Å². The molecule has 1 aromatic carbocycles. The molecule has 3 heterocycles. The number of carbonyl (C=O) groups is 1. The third-order valence-corrected chi connectivity index (χ3v) is 4.10. The zero-order valence-corrected chi connectivity index (χ0v) is 14.6. The average Bonchev–Trinajstić information content (AvgIpc) is 3.33. The van der Waals surface area contributed by atoms with Gasteiger partial charge in [0.15, 0.2) is 5.82 Å². The highest BCUT2D eigenvalue weighted by Gasteiger charge is 2.20. The average molecular weight is 382 g/mol. The van der Waals surface area contributed by atoms with Gasteiger partial charge in [0.2, 0.25) is 0 Å². The van der Waals surface area contributed by atoms with Gasteiger partial charge in [-0.15, -0.1) is 0 Å². The number of nitrogens with zero attached hydrogens (tertiary/aromatic N) is 4. The second kappa shape index (κ2) is 7.05. The van der Waals surface area contributed by atoms with Crippen LogP contribution in [0.5, 0.6) is 0 Å². The zero-order valence-electron chi connectivity index (χ0n) is 13.9. The van der Waals surface area contributed by atoms with Crippen LogP contribution in [0.2, 0.25) is 5.02 Å². The van der Waals surface area contributed by atoms with Gasteiger partial charge in [0, 0.05) is 18.6 Å². The fraction of sp³-hybridized carbons (Fsp3) is 0. The molecule has 1 N–H and O–H groups in total. The molecular weight excluding hydrogens is 369 g/mol. The topological polar surface area (TPSA) is 64.7 Å². The van der Waals surface area contributed by atoms with E-state index in [0.717, 1.165) is 0 Å². The Bertz CT molecular complexity index is 1070. The van der Waals surface area contributed by atoms with Crippen molar-refractivity contribution in [1.29, 1.82) is 0 Å². The number of amides is 1. The number of anilines is 1. The van der Waals surface area contributed by atoms with Crippen molar-refractivity contribution in [3.05, 3.63) is 89.7 Å². The first-order valence-corrected chi connectivity index (χ1v) is 8.40. The Morgan fingerprint density at radius 1 is 1.04 bits per heavy atom. The van der Waals surface area contributed by atoms with Crippen molar-refractivity contribution in [2.75, 3.05) is 5.32 Å². The Labute approximate surface area is 158 Å². The molecule has 0 radical (unpaired) electrons. The van der Waals surface area contributed by atoms with Gasteiger partial charge in [-0.1, -0.05) is 11.6 Å². The third-order valence-electron chi connectivity index (χ3n) is 3.88. The van der Waals surface area contributed by atoms with Crippen molar-refractivity contribution in [2.45, 2.75) is 0 Å². The van der Waals surface area contributed by atoms with Gasteiger partial charge in [-0.3, -0.25) is 4.79 Å². The fourth-order valence-corrected chi connectivity index (χ4v) is 2.74. The fourth-order valence-electron chi connectivity index (χ4n) is 2.63. The predicted molar refractivity (Wildman–Crippen MR) is 100 cm³/mol. The van der Waals surface area contributed by atoms with E-state index < -0.39 is 0 Å². The maximum atomic E-state index is 13.3. The molecule has 4 aromatic rings. The first-order valence-electron chi connectivity index (χ1n) is 8.02. The third kappa shape index (κ3) is 3.45. The Morgan fingerprint density at radius 2 is 1.78 bits per heavy atom. The van der Waals surface area contributed by atoms with E-state index in [2.05, 4.69) is 15.4 Å². The largest absolute Gasteiger partial charge is 0.308 e. The van der Waals surface area contributed by atoms with Crippen molar-refractivity contribution in [1.82, 2.24) is 19.3 Å². The SMILES string of the molecule is O=C(Nc1ccc(Cl)cn1)c1cnn(-c2ccc(F)cc2)c1-n1cccc1. The molecule has 0 spiro atoms. The highest BCUT2D eigenvalue weighted by molar-refractivity contribution is 6.30. The van der Waals surface area contributed by atoms with Crippen LogP contribution in [0.3, 0.4) is 0 Å². The smallest absolute Gasteiger partial charge is 0.262 e. The summed E-state index contributed by atoms with van der Waals surface area (Å²) in [7, 11) is 0. The minimum atomic E-state index is -0.373. The molecule has 134 valence electrons. The van der Waals surface area contributed by atoms with Crippen molar-refractivity contribution < 1.29 is 9.18 Å². The van der Waals surface area contributed by atoms with Crippen LogP contribution in [0.4, 0.5) is 10.2 Å². The summed E-state index contributed by atoms with van der Waals surface area (Å²) in [6, 6.07) is 12.8. The van der Waals surface area contributed by atoms with E-state index in [0.29, 0.717) is 27.9 Å². The molecule has 0 aliphatic heterocycles. The molecular formula is C19H13ClFN5O. The number of rotatable bonds is 4. The number of nitrogens with one attached hydrogen (secondary N) is 1. The molecule has 0 saturated carbocycles. The van der Waals surface area contributed by atoms with Crippen LogP contribution in [-0.4, -0.2) is 25.2 Å². The van der Waals surface area contributed by atoms with Gasteiger partial charge in [-0.25, -0.2) is 14.1 Å². The van der Waals surface area contributed by atoms with E-state index >= 15 is 0 Å². The summed E-state index contributed by atoms with van der Waals surface area (Å²) in [5.74, 6) is 0.178. The summed E-state index contributed by atoms with van der Waals surface area (Å²) in [5, 5.41) is 7.52. The maximum absolute atomic E-state index is 13.3. The number of hydrogen-bond acceptors (Lipinski definition) is 3. The van der Waals surface area contributed by atoms with Crippen molar-refractivity contribution in [3.63, 3.8) is 0 Å². The first-order chi connectivity index (χ1) is 13.1. The molecule has 0 fully saturated rings. The lowest BCUT2D eigenvalue weighted by atomic mass is 10.2. The summed E-state index contributed by atoms with van der Waals surface area (Å²) >= 11 is 5.82. The molecule has 0 aliphatic carbocycles. The van der Waals surface area contributed by atoms with Crippen molar-refractivity contribution >= 4 is 23.3 Å². The summed E-state index contributed by atoms with van der Waals surface area (Å²) < 4.78 is 16.6. The molecule has 4 rings (SSSR count). The van der Waals surface area contributed by atoms with E-state index in [4.69, 9.17) is 11.6 Å². The number of pyridine rings is 1. The number of benzene rings is 1. The van der Waals surface area contributed by atoms with Crippen molar-refractivity contribution in [2.24, 2.45) is 0 Å². The zero-order chi connectivity index (χ0) is 18.8. The minimum Gasteiger partial charge on any atom is -0.308 e. The Balaban J connectivity index is 1.75. The van der Waals surface area contributed by atoms with Crippen LogP contribution in [0, 0.1) is 5.82 Å². The summed E-state index contributed by atoms with van der Waals surface area (Å²) in [5.41, 5.74) is 0.969. The standard InChI is InChI=1S/C19H13ClFN5O/c20-13-3-8-17(22-11-13)24-18(27)16-12-23-26(15-6-4-14(21)5-7-15)19(16)25-9-1-2-10-25/h1-12H,(H,22,24,27). The Kier molecular flexibility index (Phi) is 4.43. The van der Waals surface area contributed by atoms with E-state index in [-0.39, 0.29) is 11.7 Å². The second-order valence-electron chi connectivity index (χ2n) is 5.68. The normalized spacial score (nSPS) is 10.7.